The van der Waals surface area contributed by atoms with E-state index in [2.05, 4.69) is 5.32 Å². The van der Waals surface area contributed by atoms with Crippen LogP contribution in [0.3, 0.4) is 0 Å². The highest BCUT2D eigenvalue weighted by atomic mass is 35.5. The van der Waals surface area contributed by atoms with Gasteiger partial charge in [-0.3, -0.25) is 9.00 Å². The largest absolute Gasteiger partial charge is 0.326 e. The maximum absolute atomic E-state index is 11.7. The van der Waals surface area contributed by atoms with E-state index in [1.807, 2.05) is 0 Å². The first kappa shape index (κ1) is 12.9. The second-order valence-corrected chi connectivity index (χ2v) is 6.91. The van der Waals surface area contributed by atoms with Crippen molar-refractivity contribution in [2.24, 2.45) is 5.92 Å². The first-order valence-corrected chi connectivity index (χ1v) is 7.34. The molecule has 0 radical (unpaired) electrons. The van der Waals surface area contributed by atoms with Crippen molar-refractivity contribution >= 4 is 45.6 Å². The van der Waals surface area contributed by atoms with Gasteiger partial charge in [-0.2, -0.15) is 0 Å². The summed E-state index contributed by atoms with van der Waals surface area (Å²) in [5, 5.41) is 2.72. The normalized spacial score (nSPS) is 22.9. The van der Waals surface area contributed by atoms with E-state index >= 15 is 0 Å². The van der Waals surface area contributed by atoms with Gasteiger partial charge in [-0.05, 0) is 30.7 Å². The Hall–Kier alpha value is -0.580. The van der Waals surface area contributed by atoms with E-state index in [1.165, 1.54) is 0 Å². The van der Waals surface area contributed by atoms with Crippen LogP contribution in [-0.2, 0) is 15.6 Å². The van der Waals surface area contributed by atoms with Crippen molar-refractivity contribution in [2.75, 3.05) is 11.6 Å². The van der Waals surface area contributed by atoms with Crippen molar-refractivity contribution in [3.63, 3.8) is 0 Å². The lowest BCUT2D eigenvalue weighted by Gasteiger charge is -2.05. The highest BCUT2D eigenvalue weighted by molar-refractivity contribution is 7.84. The van der Waals surface area contributed by atoms with Crippen LogP contribution in [0.25, 0.3) is 0 Å². The van der Waals surface area contributed by atoms with Gasteiger partial charge in [0.2, 0.25) is 5.91 Å². The van der Waals surface area contributed by atoms with Gasteiger partial charge in [0.15, 0.2) is 0 Å². The van der Waals surface area contributed by atoms with Gasteiger partial charge in [0.05, 0.1) is 5.92 Å². The molecule has 0 heterocycles. The topological polar surface area (TPSA) is 46.2 Å². The third kappa shape index (κ3) is 3.00. The minimum absolute atomic E-state index is 0.180. The fraction of sp³-hybridized carbons (Fsp3) is 0.364. The molecule has 0 unspecified atom stereocenters. The highest BCUT2D eigenvalue weighted by Crippen LogP contribution is 2.53. The minimum Gasteiger partial charge on any atom is -0.326 e. The molecule has 2 rings (SSSR count). The van der Waals surface area contributed by atoms with Crippen LogP contribution >= 0.6 is 23.2 Å². The van der Waals surface area contributed by atoms with Crippen LogP contribution in [0.4, 0.5) is 5.69 Å². The molecule has 1 amide bonds. The average Bonchev–Trinajstić information content (AvgIpc) is 2.89. The molecule has 0 aromatic heterocycles. The molecule has 3 nitrogen and oxygen atoms in total. The molecular formula is C11H11Cl2NO2S. The molecule has 0 bridgehead atoms. The van der Waals surface area contributed by atoms with Crippen molar-refractivity contribution < 1.29 is 9.00 Å². The monoisotopic (exact) mass is 291 g/mol. The quantitative estimate of drug-likeness (QED) is 0.870. The summed E-state index contributed by atoms with van der Waals surface area (Å²) in [6, 6.07) is 6.85. The zero-order chi connectivity index (χ0) is 12.6. The van der Waals surface area contributed by atoms with E-state index in [0.717, 1.165) is 4.90 Å². The Kier molecular flexibility index (Phi) is 3.48. The summed E-state index contributed by atoms with van der Waals surface area (Å²) in [6.45, 7) is 0. The molecule has 2 atom stereocenters. The molecule has 1 N–H and O–H groups in total. The molecule has 0 aliphatic heterocycles. The Morgan fingerprint density at radius 1 is 1.41 bits per heavy atom. The number of rotatable bonds is 3. The lowest BCUT2D eigenvalue weighted by atomic mass is 10.3. The van der Waals surface area contributed by atoms with Gasteiger partial charge in [-0.15, -0.1) is 23.2 Å². The lowest BCUT2D eigenvalue weighted by molar-refractivity contribution is -0.117. The predicted octanol–water partition coefficient (Wildman–Crippen LogP) is 2.56. The van der Waals surface area contributed by atoms with Crippen molar-refractivity contribution in [2.45, 2.75) is 15.6 Å². The number of amides is 1. The van der Waals surface area contributed by atoms with Crippen LogP contribution in [0.2, 0.25) is 0 Å². The SMILES string of the molecule is C[S@](=O)c1ccc(NC(=O)[C@@H]2CC2(Cl)Cl)cc1. The predicted molar refractivity (Wildman–Crippen MR) is 69.9 cm³/mol. The number of carbonyl (C=O) groups is 1. The number of anilines is 1. The van der Waals surface area contributed by atoms with Gasteiger partial charge in [-0.25, -0.2) is 0 Å². The molecular weight excluding hydrogens is 281 g/mol. The van der Waals surface area contributed by atoms with E-state index < -0.39 is 15.1 Å². The molecule has 1 aromatic rings. The number of carbonyl (C=O) groups excluding carboxylic acids is 1. The summed E-state index contributed by atoms with van der Waals surface area (Å²) in [6.07, 6.45) is 2.09. The lowest BCUT2D eigenvalue weighted by Crippen LogP contribution is -2.16. The first-order valence-electron chi connectivity index (χ1n) is 5.02. The summed E-state index contributed by atoms with van der Waals surface area (Å²) in [7, 11) is -1.01. The van der Waals surface area contributed by atoms with E-state index in [1.54, 1.807) is 30.5 Å². The summed E-state index contributed by atoms with van der Waals surface area (Å²) < 4.78 is 10.3. The molecule has 1 aromatic carbocycles. The van der Waals surface area contributed by atoms with Crippen LogP contribution < -0.4 is 5.32 Å². The van der Waals surface area contributed by atoms with Crippen molar-refractivity contribution in [3.05, 3.63) is 24.3 Å². The summed E-state index contributed by atoms with van der Waals surface area (Å²) >= 11 is 11.6. The fourth-order valence-corrected chi connectivity index (χ4v) is 2.48. The van der Waals surface area contributed by atoms with Gasteiger partial charge in [-0.1, -0.05) is 0 Å². The Bertz CT molecular complexity index is 473. The molecule has 1 saturated carbocycles. The van der Waals surface area contributed by atoms with Crippen LogP contribution in [0.1, 0.15) is 6.42 Å². The Morgan fingerprint density at radius 2 is 1.94 bits per heavy atom. The third-order valence-corrected chi connectivity index (χ3v) is 4.37. The fourth-order valence-electron chi connectivity index (χ4n) is 1.46. The van der Waals surface area contributed by atoms with E-state index in [9.17, 15) is 9.00 Å². The Morgan fingerprint density at radius 3 is 2.35 bits per heavy atom. The number of benzene rings is 1. The Balaban J connectivity index is 2.00. The summed E-state index contributed by atoms with van der Waals surface area (Å²) in [4.78, 5) is 12.4. The average molecular weight is 292 g/mol. The molecule has 1 aliphatic carbocycles. The molecule has 0 saturated heterocycles. The molecule has 0 spiro atoms. The van der Waals surface area contributed by atoms with E-state index in [4.69, 9.17) is 23.2 Å². The van der Waals surface area contributed by atoms with Crippen molar-refractivity contribution in [3.8, 4) is 0 Å². The molecule has 6 heteroatoms. The second kappa shape index (κ2) is 4.59. The Labute approximate surface area is 112 Å². The van der Waals surface area contributed by atoms with Crippen molar-refractivity contribution in [1.82, 2.24) is 0 Å². The maximum Gasteiger partial charge on any atom is 0.230 e. The zero-order valence-electron chi connectivity index (χ0n) is 9.07. The number of alkyl halides is 2. The number of nitrogens with one attached hydrogen (secondary N) is 1. The van der Waals surface area contributed by atoms with Crippen LogP contribution in [0.15, 0.2) is 29.2 Å². The number of halogens is 2. The van der Waals surface area contributed by atoms with Crippen LogP contribution in [0, 0.1) is 5.92 Å². The van der Waals surface area contributed by atoms with Gasteiger partial charge >= 0.3 is 0 Å². The standard InChI is InChI=1S/C11H11Cl2NO2S/c1-17(16)8-4-2-7(3-5-8)14-10(15)9-6-11(9,12)13/h2-5,9H,6H2,1H3,(H,14,15)/t9-,17-/m0/s1. The second-order valence-electron chi connectivity index (χ2n) is 3.99. The van der Waals surface area contributed by atoms with Gasteiger partial charge < -0.3 is 5.32 Å². The molecule has 92 valence electrons. The highest BCUT2D eigenvalue weighted by Gasteiger charge is 2.56. The van der Waals surface area contributed by atoms with Gasteiger partial charge in [0.25, 0.3) is 0 Å². The third-order valence-electron chi connectivity index (χ3n) is 2.60. The van der Waals surface area contributed by atoms with E-state index in [-0.39, 0.29) is 11.8 Å². The van der Waals surface area contributed by atoms with Crippen LogP contribution in [0.5, 0.6) is 0 Å². The zero-order valence-corrected chi connectivity index (χ0v) is 11.4. The van der Waals surface area contributed by atoms with Gasteiger partial charge in [0, 0.05) is 27.6 Å². The van der Waals surface area contributed by atoms with Crippen LogP contribution in [-0.4, -0.2) is 20.7 Å². The molecule has 1 fully saturated rings. The summed E-state index contributed by atoms with van der Waals surface area (Å²) in [5.41, 5.74) is 0.653. The van der Waals surface area contributed by atoms with Crippen molar-refractivity contribution in [1.29, 1.82) is 0 Å². The number of hydrogen-bond donors (Lipinski definition) is 1. The maximum atomic E-state index is 11.7. The van der Waals surface area contributed by atoms with E-state index in [0.29, 0.717) is 12.1 Å². The smallest absolute Gasteiger partial charge is 0.230 e. The van der Waals surface area contributed by atoms with Gasteiger partial charge in [0.1, 0.15) is 4.33 Å². The molecule has 1 aliphatic rings. The number of hydrogen-bond acceptors (Lipinski definition) is 2. The summed E-state index contributed by atoms with van der Waals surface area (Å²) in [5.74, 6) is -0.522. The minimum atomic E-state index is -1.01. The first-order chi connectivity index (χ1) is 7.90. The molecule has 17 heavy (non-hydrogen) atoms.